The summed E-state index contributed by atoms with van der Waals surface area (Å²) in [6.45, 7) is 10.6. The quantitative estimate of drug-likeness (QED) is 0.822. The van der Waals surface area contributed by atoms with Gasteiger partial charge in [0, 0.05) is 12.6 Å². The minimum Gasteiger partial charge on any atom is -0.497 e. The predicted molar refractivity (Wildman–Crippen MR) is 76.5 cm³/mol. The first-order valence-corrected chi connectivity index (χ1v) is 7.40. The zero-order valence-corrected chi connectivity index (χ0v) is 12.5. The maximum Gasteiger partial charge on any atom is 0.110 e. The second-order valence-electron chi connectivity index (χ2n) is 7.73. The molecule has 1 aliphatic carbocycles. The van der Waals surface area contributed by atoms with Crippen LogP contribution < -0.4 is 5.32 Å². The highest BCUT2D eigenvalue weighted by atomic mass is 16.5. The molecular formula is C16H29NO. The van der Waals surface area contributed by atoms with Crippen molar-refractivity contribution in [2.45, 2.75) is 71.9 Å². The summed E-state index contributed by atoms with van der Waals surface area (Å²) in [5, 5.41) is 3.74. The van der Waals surface area contributed by atoms with E-state index in [-0.39, 0.29) is 0 Å². The molecule has 0 spiro atoms. The van der Waals surface area contributed by atoms with E-state index in [1.54, 1.807) is 0 Å². The first-order valence-electron chi connectivity index (χ1n) is 7.40. The smallest absolute Gasteiger partial charge is 0.110 e. The van der Waals surface area contributed by atoms with Crippen molar-refractivity contribution in [1.82, 2.24) is 5.32 Å². The largest absolute Gasteiger partial charge is 0.497 e. The maximum absolute atomic E-state index is 5.63. The number of ether oxygens (including phenoxy) is 1. The third-order valence-corrected chi connectivity index (χ3v) is 4.21. The Labute approximate surface area is 112 Å². The van der Waals surface area contributed by atoms with E-state index in [0.717, 1.165) is 19.4 Å². The van der Waals surface area contributed by atoms with E-state index in [2.05, 4.69) is 39.1 Å². The molecule has 0 saturated heterocycles. The fourth-order valence-electron chi connectivity index (χ4n) is 4.02. The van der Waals surface area contributed by atoms with E-state index < -0.39 is 0 Å². The number of allylic oxidation sites excluding steroid dienone is 1. The minimum atomic E-state index is 0.378. The van der Waals surface area contributed by atoms with Gasteiger partial charge in [0.05, 0.1) is 6.26 Å². The van der Waals surface area contributed by atoms with Gasteiger partial charge in [-0.3, -0.25) is 0 Å². The molecule has 18 heavy (non-hydrogen) atoms. The van der Waals surface area contributed by atoms with Crippen molar-refractivity contribution in [3.8, 4) is 0 Å². The van der Waals surface area contributed by atoms with Gasteiger partial charge in [-0.05, 0) is 49.0 Å². The van der Waals surface area contributed by atoms with Crippen molar-refractivity contribution in [3.05, 3.63) is 12.3 Å². The molecule has 0 aromatic rings. The molecule has 2 rings (SSSR count). The highest BCUT2D eigenvalue weighted by Crippen LogP contribution is 2.45. The normalized spacial score (nSPS) is 31.0. The van der Waals surface area contributed by atoms with E-state index in [1.165, 1.54) is 19.3 Å². The Morgan fingerprint density at radius 2 is 1.83 bits per heavy atom. The summed E-state index contributed by atoms with van der Waals surface area (Å²) in [4.78, 5) is 0. The monoisotopic (exact) mass is 251 g/mol. The van der Waals surface area contributed by atoms with Crippen LogP contribution in [-0.4, -0.2) is 18.7 Å². The molecule has 104 valence electrons. The lowest BCUT2D eigenvalue weighted by molar-refractivity contribution is 0.0695. The summed E-state index contributed by atoms with van der Waals surface area (Å²) < 4.78 is 5.63. The molecule has 1 saturated carbocycles. The Hall–Kier alpha value is -0.500. The van der Waals surface area contributed by atoms with Crippen LogP contribution in [0.3, 0.4) is 0 Å². The Morgan fingerprint density at radius 1 is 1.17 bits per heavy atom. The fourth-order valence-corrected chi connectivity index (χ4v) is 4.02. The summed E-state index contributed by atoms with van der Waals surface area (Å²) in [7, 11) is 0. The summed E-state index contributed by atoms with van der Waals surface area (Å²) >= 11 is 0. The second kappa shape index (κ2) is 5.24. The molecule has 1 aliphatic heterocycles. The Morgan fingerprint density at radius 3 is 2.39 bits per heavy atom. The van der Waals surface area contributed by atoms with Crippen molar-refractivity contribution in [2.75, 3.05) is 6.54 Å². The number of nitrogens with one attached hydrogen (secondary N) is 1. The van der Waals surface area contributed by atoms with Crippen LogP contribution in [0.5, 0.6) is 0 Å². The third-order valence-electron chi connectivity index (χ3n) is 4.21. The van der Waals surface area contributed by atoms with Crippen molar-refractivity contribution in [3.63, 3.8) is 0 Å². The van der Waals surface area contributed by atoms with E-state index in [9.17, 15) is 0 Å². The highest BCUT2D eigenvalue weighted by molar-refractivity contribution is 4.93. The van der Waals surface area contributed by atoms with Crippen LogP contribution in [0.2, 0.25) is 0 Å². The lowest BCUT2D eigenvalue weighted by Gasteiger charge is -2.45. The predicted octanol–water partition coefficient (Wildman–Crippen LogP) is 3.87. The van der Waals surface area contributed by atoms with Crippen molar-refractivity contribution in [1.29, 1.82) is 0 Å². The molecule has 1 heterocycles. The van der Waals surface area contributed by atoms with Gasteiger partial charge >= 0.3 is 0 Å². The standard InChI is InChI=1S/C16H29NO/c1-15(2)9-13(10-16(3,4)12-15)17-11-14-7-5-6-8-18-14/h6,8,13-14,17H,5,7,9-12H2,1-4H3. The summed E-state index contributed by atoms with van der Waals surface area (Å²) in [6, 6.07) is 0.651. The molecule has 1 unspecified atom stereocenters. The average Bonchev–Trinajstić information content (AvgIpc) is 2.24. The lowest BCUT2D eigenvalue weighted by Crippen LogP contribution is -2.46. The number of rotatable bonds is 3. The highest BCUT2D eigenvalue weighted by Gasteiger charge is 2.38. The van der Waals surface area contributed by atoms with Crippen LogP contribution in [0.1, 0.15) is 59.8 Å². The molecule has 0 aromatic heterocycles. The molecule has 1 fully saturated rings. The van der Waals surface area contributed by atoms with Gasteiger partial charge in [-0.1, -0.05) is 27.7 Å². The number of hydrogen-bond donors (Lipinski definition) is 1. The van der Waals surface area contributed by atoms with Crippen molar-refractivity contribution in [2.24, 2.45) is 10.8 Å². The molecule has 2 heteroatoms. The van der Waals surface area contributed by atoms with Gasteiger partial charge in [0.15, 0.2) is 0 Å². The molecule has 2 aliphatic rings. The van der Waals surface area contributed by atoms with Gasteiger partial charge in [-0.2, -0.15) is 0 Å². The fraction of sp³-hybridized carbons (Fsp3) is 0.875. The van der Waals surface area contributed by atoms with Crippen LogP contribution in [0, 0.1) is 10.8 Å². The molecule has 0 aromatic carbocycles. The maximum atomic E-state index is 5.63. The summed E-state index contributed by atoms with van der Waals surface area (Å²) in [5.74, 6) is 0. The SMILES string of the molecule is CC1(C)CC(NCC2CCC=CO2)CC(C)(C)C1. The van der Waals surface area contributed by atoms with Gasteiger partial charge in [-0.25, -0.2) is 0 Å². The third kappa shape index (κ3) is 4.01. The Bertz CT molecular complexity index is 290. The van der Waals surface area contributed by atoms with Crippen molar-refractivity contribution < 1.29 is 4.74 Å². The second-order valence-corrected chi connectivity index (χ2v) is 7.73. The van der Waals surface area contributed by atoms with E-state index >= 15 is 0 Å². The van der Waals surface area contributed by atoms with E-state index in [4.69, 9.17) is 4.74 Å². The molecule has 1 N–H and O–H groups in total. The van der Waals surface area contributed by atoms with Gasteiger partial charge in [0.25, 0.3) is 0 Å². The Kier molecular flexibility index (Phi) is 4.05. The molecule has 0 radical (unpaired) electrons. The molecule has 1 atom stereocenters. The van der Waals surface area contributed by atoms with Crippen LogP contribution >= 0.6 is 0 Å². The van der Waals surface area contributed by atoms with Crippen LogP contribution in [0.25, 0.3) is 0 Å². The molecule has 0 amide bonds. The first kappa shape index (κ1) is 13.9. The first-order chi connectivity index (χ1) is 8.36. The van der Waals surface area contributed by atoms with Crippen molar-refractivity contribution >= 4 is 0 Å². The molecule has 0 bridgehead atoms. The van der Waals surface area contributed by atoms with Crippen LogP contribution in [0.15, 0.2) is 12.3 Å². The Balaban J connectivity index is 1.83. The zero-order valence-electron chi connectivity index (χ0n) is 12.5. The van der Waals surface area contributed by atoms with Crippen LogP contribution in [0.4, 0.5) is 0 Å². The van der Waals surface area contributed by atoms with Gasteiger partial charge in [0.1, 0.15) is 6.10 Å². The van der Waals surface area contributed by atoms with E-state index in [0.29, 0.717) is 23.0 Å². The topological polar surface area (TPSA) is 21.3 Å². The minimum absolute atomic E-state index is 0.378. The summed E-state index contributed by atoms with van der Waals surface area (Å²) in [6.07, 6.45) is 10.6. The lowest BCUT2D eigenvalue weighted by atomic mass is 9.63. The van der Waals surface area contributed by atoms with Gasteiger partial charge in [0.2, 0.25) is 0 Å². The van der Waals surface area contributed by atoms with Gasteiger partial charge < -0.3 is 10.1 Å². The average molecular weight is 251 g/mol. The van der Waals surface area contributed by atoms with Gasteiger partial charge in [-0.15, -0.1) is 0 Å². The van der Waals surface area contributed by atoms with E-state index in [1.807, 2.05) is 6.26 Å². The zero-order chi connectivity index (χ0) is 13.2. The molecule has 2 nitrogen and oxygen atoms in total. The van der Waals surface area contributed by atoms with Crippen LogP contribution in [-0.2, 0) is 4.74 Å². The summed E-state index contributed by atoms with van der Waals surface area (Å²) in [5.41, 5.74) is 0.930. The molecular weight excluding hydrogens is 222 g/mol. The number of hydrogen-bond acceptors (Lipinski definition) is 2.